The lowest BCUT2D eigenvalue weighted by Gasteiger charge is -2.09. The van der Waals surface area contributed by atoms with Crippen LogP contribution in [0.15, 0.2) is 50.1 Å². The standard InChI is InChI=1S/C14H11BrN2O3/c15-9-4-2-1-3-8(9)7-19-12-6-11-13(5-10(12)16)20-14(18)17-11/h1-6H,7,16H2,(H,17,18). The Balaban J connectivity index is 1.89. The van der Waals surface area contributed by atoms with Crippen LogP contribution in [0.2, 0.25) is 0 Å². The highest BCUT2D eigenvalue weighted by molar-refractivity contribution is 9.10. The minimum Gasteiger partial charge on any atom is -0.487 e. The molecule has 1 heterocycles. The Morgan fingerprint density at radius 2 is 2.10 bits per heavy atom. The number of nitrogens with two attached hydrogens (primary N) is 1. The minimum atomic E-state index is -0.512. The molecule has 6 heteroatoms. The third kappa shape index (κ3) is 2.42. The maximum absolute atomic E-state index is 11.1. The Morgan fingerprint density at radius 1 is 1.30 bits per heavy atom. The summed E-state index contributed by atoms with van der Waals surface area (Å²) in [6, 6.07) is 11.0. The number of fused-ring (bicyclic) bond motifs is 1. The van der Waals surface area contributed by atoms with E-state index in [2.05, 4.69) is 20.9 Å². The third-order valence-corrected chi connectivity index (χ3v) is 3.67. The monoisotopic (exact) mass is 334 g/mol. The summed E-state index contributed by atoms with van der Waals surface area (Å²) in [5, 5.41) is 0. The summed E-state index contributed by atoms with van der Waals surface area (Å²) in [7, 11) is 0. The molecule has 0 unspecified atom stereocenters. The first-order chi connectivity index (χ1) is 9.63. The van der Waals surface area contributed by atoms with Gasteiger partial charge in [0.2, 0.25) is 0 Å². The van der Waals surface area contributed by atoms with Crippen LogP contribution >= 0.6 is 15.9 Å². The number of nitrogen functional groups attached to an aromatic ring is 1. The molecule has 5 nitrogen and oxygen atoms in total. The van der Waals surface area contributed by atoms with Gasteiger partial charge < -0.3 is 14.9 Å². The second-order valence-electron chi connectivity index (χ2n) is 4.28. The number of aromatic nitrogens is 1. The van der Waals surface area contributed by atoms with Crippen LogP contribution < -0.4 is 16.2 Å². The fourth-order valence-electron chi connectivity index (χ4n) is 1.89. The maximum Gasteiger partial charge on any atom is 0.417 e. The number of nitrogens with one attached hydrogen (secondary N) is 1. The van der Waals surface area contributed by atoms with E-state index in [-0.39, 0.29) is 0 Å². The molecule has 3 N–H and O–H groups in total. The van der Waals surface area contributed by atoms with Gasteiger partial charge in [0, 0.05) is 22.2 Å². The van der Waals surface area contributed by atoms with Crippen LogP contribution in [-0.2, 0) is 6.61 Å². The van der Waals surface area contributed by atoms with E-state index in [9.17, 15) is 4.79 Å². The Morgan fingerprint density at radius 3 is 2.90 bits per heavy atom. The van der Waals surface area contributed by atoms with Crippen LogP contribution in [0.1, 0.15) is 5.56 Å². The minimum absolute atomic E-state index is 0.374. The Hall–Kier alpha value is -2.21. The Labute approximate surface area is 122 Å². The fourth-order valence-corrected chi connectivity index (χ4v) is 2.29. The van der Waals surface area contributed by atoms with Crippen LogP contribution in [0, 0.1) is 0 Å². The molecular formula is C14H11BrN2O3. The summed E-state index contributed by atoms with van der Waals surface area (Å²) in [4.78, 5) is 13.7. The van der Waals surface area contributed by atoms with Gasteiger partial charge in [0.15, 0.2) is 5.58 Å². The Bertz CT molecular complexity index is 823. The van der Waals surface area contributed by atoms with Gasteiger partial charge in [0.1, 0.15) is 12.4 Å². The number of anilines is 1. The normalized spacial score (nSPS) is 10.8. The quantitative estimate of drug-likeness (QED) is 0.721. The first-order valence-corrected chi connectivity index (χ1v) is 6.71. The van der Waals surface area contributed by atoms with E-state index in [0.29, 0.717) is 29.1 Å². The van der Waals surface area contributed by atoms with Crippen LogP contribution in [0.25, 0.3) is 11.1 Å². The largest absolute Gasteiger partial charge is 0.487 e. The SMILES string of the molecule is Nc1cc2oc(=O)[nH]c2cc1OCc1ccccc1Br. The van der Waals surface area contributed by atoms with E-state index in [0.717, 1.165) is 10.0 Å². The molecule has 3 aromatic rings. The average Bonchev–Trinajstić information content (AvgIpc) is 2.76. The summed E-state index contributed by atoms with van der Waals surface area (Å²) in [6.07, 6.45) is 0. The van der Waals surface area contributed by atoms with Gasteiger partial charge in [-0.15, -0.1) is 0 Å². The van der Waals surface area contributed by atoms with Crippen molar-refractivity contribution in [3.63, 3.8) is 0 Å². The van der Waals surface area contributed by atoms with Crippen molar-refractivity contribution in [2.75, 3.05) is 5.73 Å². The second kappa shape index (κ2) is 5.05. The van der Waals surface area contributed by atoms with E-state index in [1.165, 1.54) is 0 Å². The van der Waals surface area contributed by atoms with Crippen LogP contribution in [0.4, 0.5) is 5.69 Å². The van der Waals surface area contributed by atoms with Gasteiger partial charge in [-0.05, 0) is 6.07 Å². The van der Waals surface area contributed by atoms with Crippen molar-refractivity contribution in [3.8, 4) is 5.75 Å². The third-order valence-electron chi connectivity index (χ3n) is 2.89. The number of halogens is 1. The van der Waals surface area contributed by atoms with Crippen molar-refractivity contribution in [1.29, 1.82) is 0 Å². The molecule has 0 aliphatic rings. The van der Waals surface area contributed by atoms with Gasteiger partial charge in [0.25, 0.3) is 0 Å². The lowest BCUT2D eigenvalue weighted by molar-refractivity contribution is 0.307. The highest BCUT2D eigenvalue weighted by Gasteiger charge is 2.08. The number of ether oxygens (including phenoxy) is 1. The lowest BCUT2D eigenvalue weighted by atomic mass is 10.2. The average molecular weight is 335 g/mol. The molecule has 0 saturated carbocycles. The molecule has 0 fully saturated rings. The van der Waals surface area contributed by atoms with Crippen molar-refractivity contribution < 1.29 is 9.15 Å². The molecule has 1 aromatic heterocycles. The first-order valence-electron chi connectivity index (χ1n) is 5.92. The molecule has 0 aliphatic carbocycles. The summed E-state index contributed by atoms with van der Waals surface area (Å²) >= 11 is 3.46. The van der Waals surface area contributed by atoms with Gasteiger partial charge >= 0.3 is 5.76 Å². The van der Waals surface area contributed by atoms with Crippen LogP contribution in [0.5, 0.6) is 5.75 Å². The molecule has 0 bridgehead atoms. The molecular weight excluding hydrogens is 324 g/mol. The maximum atomic E-state index is 11.1. The molecule has 0 amide bonds. The number of H-pyrrole nitrogens is 1. The zero-order valence-electron chi connectivity index (χ0n) is 10.4. The number of oxazole rings is 1. The van der Waals surface area contributed by atoms with Crippen LogP contribution in [0.3, 0.4) is 0 Å². The second-order valence-corrected chi connectivity index (χ2v) is 5.14. The number of rotatable bonds is 3. The fraction of sp³-hybridized carbons (Fsp3) is 0.0714. The molecule has 2 aromatic carbocycles. The number of hydrogen-bond acceptors (Lipinski definition) is 4. The molecule has 102 valence electrons. The molecule has 0 aliphatic heterocycles. The number of benzene rings is 2. The van der Waals surface area contributed by atoms with Crippen LogP contribution in [-0.4, -0.2) is 4.98 Å². The van der Waals surface area contributed by atoms with Gasteiger partial charge in [-0.25, -0.2) is 4.79 Å². The number of aromatic amines is 1. The van der Waals surface area contributed by atoms with E-state index >= 15 is 0 Å². The first kappa shape index (κ1) is 12.8. The smallest absolute Gasteiger partial charge is 0.417 e. The summed E-state index contributed by atoms with van der Waals surface area (Å²) < 4.78 is 11.6. The molecule has 0 atom stereocenters. The van der Waals surface area contributed by atoms with Crippen molar-refractivity contribution in [2.45, 2.75) is 6.61 Å². The highest BCUT2D eigenvalue weighted by atomic mass is 79.9. The molecule has 0 saturated heterocycles. The predicted molar refractivity (Wildman–Crippen MR) is 79.7 cm³/mol. The van der Waals surface area contributed by atoms with Crippen molar-refractivity contribution in [1.82, 2.24) is 4.98 Å². The van der Waals surface area contributed by atoms with E-state index in [1.54, 1.807) is 12.1 Å². The van der Waals surface area contributed by atoms with Crippen molar-refractivity contribution >= 4 is 32.7 Å². The van der Waals surface area contributed by atoms with E-state index in [4.69, 9.17) is 14.9 Å². The van der Waals surface area contributed by atoms with Crippen molar-refractivity contribution in [3.05, 3.63) is 57.0 Å². The zero-order chi connectivity index (χ0) is 14.1. The lowest BCUT2D eigenvalue weighted by Crippen LogP contribution is -1.99. The van der Waals surface area contributed by atoms with Gasteiger partial charge in [-0.1, -0.05) is 34.1 Å². The summed E-state index contributed by atoms with van der Waals surface area (Å²) in [5.74, 6) is -0.00680. The van der Waals surface area contributed by atoms with Gasteiger partial charge in [-0.2, -0.15) is 0 Å². The zero-order valence-corrected chi connectivity index (χ0v) is 11.9. The molecule has 0 radical (unpaired) electrons. The summed E-state index contributed by atoms with van der Waals surface area (Å²) in [6.45, 7) is 0.374. The van der Waals surface area contributed by atoms with Gasteiger partial charge in [-0.3, -0.25) is 4.98 Å². The van der Waals surface area contributed by atoms with Crippen molar-refractivity contribution in [2.24, 2.45) is 0 Å². The highest BCUT2D eigenvalue weighted by Crippen LogP contribution is 2.28. The van der Waals surface area contributed by atoms with Gasteiger partial charge in [0.05, 0.1) is 11.2 Å². The van der Waals surface area contributed by atoms with E-state index in [1.807, 2.05) is 24.3 Å². The molecule has 0 spiro atoms. The number of hydrogen-bond donors (Lipinski definition) is 2. The predicted octanol–water partition coefficient (Wildman–Crippen LogP) is 3.04. The molecule has 20 heavy (non-hydrogen) atoms. The molecule has 3 rings (SSSR count). The topological polar surface area (TPSA) is 81.2 Å². The van der Waals surface area contributed by atoms with E-state index < -0.39 is 5.76 Å². The summed E-state index contributed by atoms with van der Waals surface area (Å²) in [5.41, 5.74) is 8.29. The Kier molecular flexibility index (Phi) is 3.23.